The molecular weight excluding hydrogens is 314 g/mol. The third kappa shape index (κ3) is 4.37. The molecule has 2 heterocycles. The standard InChI is InChI=1S/C20H25N3O2/c1-14-19(18-8-9-21-11-16(18)12-22-14)13-23-20(24)7-6-15-4-3-5-17(10-15)25-2/h3-5,10,12,21H,6-9,11,13H2,1-2H3,(H,23,24). The quantitative estimate of drug-likeness (QED) is 0.848. The van der Waals surface area contributed by atoms with Gasteiger partial charge in [0.15, 0.2) is 0 Å². The van der Waals surface area contributed by atoms with Crippen molar-refractivity contribution < 1.29 is 9.53 Å². The van der Waals surface area contributed by atoms with Gasteiger partial charge < -0.3 is 15.4 Å². The van der Waals surface area contributed by atoms with Crippen LogP contribution < -0.4 is 15.4 Å². The number of nitrogens with zero attached hydrogens (tertiary/aromatic N) is 1. The van der Waals surface area contributed by atoms with Crippen molar-refractivity contribution in [3.63, 3.8) is 0 Å². The number of ether oxygens (including phenoxy) is 1. The van der Waals surface area contributed by atoms with Gasteiger partial charge in [-0.3, -0.25) is 9.78 Å². The molecule has 0 fully saturated rings. The Kier molecular flexibility index (Phi) is 5.66. The number of aromatic nitrogens is 1. The van der Waals surface area contributed by atoms with E-state index in [0.29, 0.717) is 19.4 Å². The first-order valence-corrected chi connectivity index (χ1v) is 8.74. The van der Waals surface area contributed by atoms with Crippen LogP contribution in [-0.2, 0) is 30.7 Å². The summed E-state index contributed by atoms with van der Waals surface area (Å²) in [5, 5.41) is 6.42. The van der Waals surface area contributed by atoms with E-state index >= 15 is 0 Å². The highest BCUT2D eigenvalue weighted by Gasteiger charge is 2.16. The Morgan fingerprint density at radius 1 is 1.40 bits per heavy atom. The van der Waals surface area contributed by atoms with Gasteiger partial charge in [0.2, 0.25) is 5.91 Å². The number of nitrogens with one attached hydrogen (secondary N) is 2. The minimum absolute atomic E-state index is 0.0637. The van der Waals surface area contributed by atoms with Crippen molar-refractivity contribution in [2.75, 3.05) is 13.7 Å². The maximum Gasteiger partial charge on any atom is 0.220 e. The first kappa shape index (κ1) is 17.4. The molecule has 1 aromatic heterocycles. The van der Waals surface area contributed by atoms with E-state index in [4.69, 9.17) is 4.74 Å². The number of aryl methyl sites for hydroxylation is 2. The van der Waals surface area contributed by atoms with Crippen LogP contribution in [-0.4, -0.2) is 24.5 Å². The summed E-state index contributed by atoms with van der Waals surface area (Å²) in [6.45, 7) is 4.41. The van der Waals surface area contributed by atoms with Crippen molar-refractivity contribution in [3.05, 3.63) is 58.4 Å². The molecule has 132 valence electrons. The van der Waals surface area contributed by atoms with Gasteiger partial charge in [0.05, 0.1) is 7.11 Å². The Morgan fingerprint density at radius 2 is 2.28 bits per heavy atom. The molecule has 1 amide bonds. The number of carbonyl (C=O) groups excluding carboxylic acids is 1. The zero-order chi connectivity index (χ0) is 17.6. The molecule has 1 aliphatic rings. The Bertz CT molecular complexity index is 759. The summed E-state index contributed by atoms with van der Waals surface area (Å²) in [5.74, 6) is 0.887. The molecule has 0 atom stereocenters. The van der Waals surface area contributed by atoms with Crippen LogP contribution in [0, 0.1) is 6.92 Å². The smallest absolute Gasteiger partial charge is 0.220 e. The van der Waals surface area contributed by atoms with Gasteiger partial charge in [-0.25, -0.2) is 0 Å². The van der Waals surface area contributed by atoms with Crippen LogP contribution in [0.1, 0.15) is 34.4 Å². The molecule has 1 aromatic carbocycles. The van der Waals surface area contributed by atoms with Crippen molar-refractivity contribution in [1.29, 1.82) is 0 Å². The molecule has 2 N–H and O–H groups in total. The molecule has 0 unspecified atom stereocenters. The largest absolute Gasteiger partial charge is 0.497 e. The summed E-state index contributed by atoms with van der Waals surface area (Å²) in [7, 11) is 1.65. The fourth-order valence-electron chi connectivity index (χ4n) is 3.24. The van der Waals surface area contributed by atoms with Gasteiger partial charge in [-0.2, -0.15) is 0 Å². The summed E-state index contributed by atoms with van der Waals surface area (Å²) >= 11 is 0. The maximum atomic E-state index is 12.2. The van der Waals surface area contributed by atoms with E-state index in [0.717, 1.165) is 36.5 Å². The summed E-state index contributed by atoms with van der Waals surface area (Å²) in [6, 6.07) is 7.85. The predicted molar refractivity (Wildman–Crippen MR) is 97.5 cm³/mol. The number of pyridine rings is 1. The van der Waals surface area contributed by atoms with E-state index in [2.05, 4.69) is 15.6 Å². The SMILES string of the molecule is COc1cccc(CCC(=O)NCc2c(C)ncc3c2CCNC3)c1. The number of carbonyl (C=O) groups is 1. The van der Waals surface area contributed by atoms with E-state index < -0.39 is 0 Å². The highest BCUT2D eigenvalue weighted by atomic mass is 16.5. The monoisotopic (exact) mass is 339 g/mol. The highest BCUT2D eigenvalue weighted by Crippen LogP contribution is 2.20. The van der Waals surface area contributed by atoms with Gasteiger partial charge in [0.1, 0.15) is 5.75 Å². The molecule has 0 saturated heterocycles. The molecule has 25 heavy (non-hydrogen) atoms. The van der Waals surface area contributed by atoms with Crippen LogP contribution in [0.2, 0.25) is 0 Å². The molecule has 2 aromatic rings. The van der Waals surface area contributed by atoms with Crippen molar-refractivity contribution in [2.24, 2.45) is 0 Å². The average molecular weight is 339 g/mol. The molecule has 0 spiro atoms. The van der Waals surface area contributed by atoms with E-state index in [1.807, 2.05) is 37.4 Å². The third-order valence-electron chi connectivity index (χ3n) is 4.71. The van der Waals surface area contributed by atoms with Gasteiger partial charge >= 0.3 is 0 Å². The highest BCUT2D eigenvalue weighted by molar-refractivity contribution is 5.76. The lowest BCUT2D eigenvalue weighted by Gasteiger charge is -2.21. The van der Waals surface area contributed by atoms with E-state index in [1.165, 1.54) is 16.7 Å². The van der Waals surface area contributed by atoms with Crippen LogP contribution in [0.15, 0.2) is 30.5 Å². The second-order valence-electron chi connectivity index (χ2n) is 6.38. The number of amides is 1. The lowest BCUT2D eigenvalue weighted by Crippen LogP contribution is -2.29. The number of rotatable bonds is 6. The Morgan fingerprint density at radius 3 is 3.12 bits per heavy atom. The molecule has 0 bridgehead atoms. The van der Waals surface area contributed by atoms with Crippen LogP contribution in [0.25, 0.3) is 0 Å². The van der Waals surface area contributed by atoms with E-state index in [1.54, 1.807) is 7.11 Å². The van der Waals surface area contributed by atoms with Crippen LogP contribution in [0.3, 0.4) is 0 Å². The molecule has 5 heteroatoms. The normalized spacial score (nSPS) is 13.2. The van der Waals surface area contributed by atoms with Gasteiger partial charge in [-0.05, 0) is 60.7 Å². The lowest BCUT2D eigenvalue weighted by molar-refractivity contribution is -0.121. The van der Waals surface area contributed by atoms with Crippen molar-refractivity contribution in [2.45, 2.75) is 39.3 Å². The summed E-state index contributed by atoms with van der Waals surface area (Å²) in [4.78, 5) is 16.7. The zero-order valence-corrected chi connectivity index (χ0v) is 14.9. The number of hydrogen-bond acceptors (Lipinski definition) is 4. The maximum absolute atomic E-state index is 12.2. The van der Waals surface area contributed by atoms with E-state index in [9.17, 15) is 4.79 Å². The van der Waals surface area contributed by atoms with Gasteiger partial charge in [0, 0.05) is 31.4 Å². The number of benzene rings is 1. The van der Waals surface area contributed by atoms with E-state index in [-0.39, 0.29) is 5.91 Å². The second-order valence-corrected chi connectivity index (χ2v) is 6.38. The number of hydrogen-bond donors (Lipinski definition) is 2. The summed E-state index contributed by atoms with van der Waals surface area (Å²) in [6.07, 6.45) is 4.12. The minimum Gasteiger partial charge on any atom is -0.497 e. The molecule has 0 aliphatic carbocycles. The molecular formula is C20H25N3O2. The second kappa shape index (κ2) is 8.12. The first-order chi connectivity index (χ1) is 12.2. The van der Waals surface area contributed by atoms with Crippen molar-refractivity contribution >= 4 is 5.91 Å². The molecule has 0 saturated carbocycles. The molecule has 1 aliphatic heterocycles. The topological polar surface area (TPSA) is 63.2 Å². The van der Waals surface area contributed by atoms with Crippen LogP contribution in [0.4, 0.5) is 0 Å². The average Bonchev–Trinajstić information content (AvgIpc) is 2.65. The third-order valence-corrected chi connectivity index (χ3v) is 4.71. The summed E-state index contributed by atoms with van der Waals surface area (Å²) < 4.78 is 5.22. The lowest BCUT2D eigenvalue weighted by atomic mass is 9.96. The molecule has 0 radical (unpaired) electrons. The fraction of sp³-hybridized carbons (Fsp3) is 0.400. The summed E-state index contributed by atoms with van der Waals surface area (Å²) in [5.41, 5.74) is 5.88. The fourth-order valence-corrected chi connectivity index (χ4v) is 3.24. The zero-order valence-electron chi connectivity index (χ0n) is 14.9. The van der Waals surface area contributed by atoms with Crippen molar-refractivity contribution in [1.82, 2.24) is 15.6 Å². The van der Waals surface area contributed by atoms with Gasteiger partial charge in [0.25, 0.3) is 0 Å². The first-order valence-electron chi connectivity index (χ1n) is 8.74. The predicted octanol–water partition coefficient (Wildman–Crippen LogP) is 2.29. The van der Waals surface area contributed by atoms with Crippen LogP contribution in [0.5, 0.6) is 5.75 Å². The molecule has 5 nitrogen and oxygen atoms in total. The Hall–Kier alpha value is -2.40. The van der Waals surface area contributed by atoms with Gasteiger partial charge in [-0.15, -0.1) is 0 Å². The minimum atomic E-state index is 0.0637. The van der Waals surface area contributed by atoms with Gasteiger partial charge in [-0.1, -0.05) is 12.1 Å². The Labute approximate surface area is 148 Å². The Balaban J connectivity index is 1.57. The number of fused-ring (bicyclic) bond motifs is 1. The van der Waals surface area contributed by atoms with Crippen LogP contribution >= 0.6 is 0 Å². The van der Waals surface area contributed by atoms with Crippen molar-refractivity contribution in [3.8, 4) is 5.75 Å². The molecule has 3 rings (SSSR count). The number of methoxy groups -OCH3 is 1.